The predicted octanol–water partition coefficient (Wildman–Crippen LogP) is -0.478. The third kappa shape index (κ3) is 1.10. The van der Waals surface area contributed by atoms with Gasteiger partial charge in [-0.2, -0.15) is 0 Å². The summed E-state index contributed by atoms with van der Waals surface area (Å²) in [5.41, 5.74) is -0.621. The Morgan fingerprint density at radius 1 is 1.58 bits per heavy atom. The number of aliphatic hydroxyl groups is 2. The van der Waals surface area contributed by atoms with Gasteiger partial charge >= 0.3 is 0 Å². The fourth-order valence-corrected chi connectivity index (χ4v) is 1.65. The van der Waals surface area contributed by atoms with E-state index < -0.39 is 23.3 Å². The molecule has 0 amide bonds. The zero-order chi connectivity index (χ0) is 9.52. The summed E-state index contributed by atoms with van der Waals surface area (Å²) in [6, 6.07) is 0. The van der Waals surface area contributed by atoms with Crippen LogP contribution < -0.4 is 0 Å². The minimum Gasteiger partial charge on any atom is -0.396 e. The van der Waals surface area contributed by atoms with Gasteiger partial charge in [0.1, 0.15) is 5.78 Å². The van der Waals surface area contributed by atoms with Crippen molar-refractivity contribution in [2.24, 2.45) is 11.3 Å². The molecule has 2 radical (unpaired) electrons. The Bertz CT molecular complexity index is 202. The van der Waals surface area contributed by atoms with Crippen molar-refractivity contribution in [2.75, 3.05) is 6.61 Å². The molecular formula is C8H13BO3. The van der Waals surface area contributed by atoms with Gasteiger partial charge in [0, 0.05) is 0 Å². The van der Waals surface area contributed by atoms with E-state index in [1.807, 2.05) is 0 Å². The lowest BCUT2D eigenvalue weighted by Crippen LogP contribution is -2.31. The van der Waals surface area contributed by atoms with E-state index in [2.05, 4.69) is 0 Å². The largest absolute Gasteiger partial charge is 0.396 e. The van der Waals surface area contributed by atoms with Crippen molar-refractivity contribution in [3.8, 4) is 0 Å². The third-order valence-electron chi connectivity index (χ3n) is 2.81. The van der Waals surface area contributed by atoms with E-state index in [9.17, 15) is 9.90 Å². The van der Waals surface area contributed by atoms with Crippen LogP contribution in [0.25, 0.3) is 0 Å². The summed E-state index contributed by atoms with van der Waals surface area (Å²) >= 11 is 0. The van der Waals surface area contributed by atoms with Gasteiger partial charge < -0.3 is 10.2 Å². The highest BCUT2D eigenvalue weighted by molar-refractivity contribution is 6.26. The van der Waals surface area contributed by atoms with E-state index in [0.29, 0.717) is 0 Å². The van der Waals surface area contributed by atoms with Crippen molar-refractivity contribution in [1.29, 1.82) is 0 Å². The second kappa shape index (κ2) is 2.85. The van der Waals surface area contributed by atoms with Crippen LogP contribution in [0, 0.1) is 11.3 Å². The molecule has 1 saturated carbocycles. The molecule has 2 N–H and O–H groups in total. The molecule has 3 nitrogen and oxygen atoms in total. The van der Waals surface area contributed by atoms with Crippen molar-refractivity contribution in [3.05, 3.63) is 0 Å². The molecule has 0 spiro atoms. The minimum atomic E-state index is -0.829. The number of carbonyl (C=O) groups excluding carboxylic acids is 1. The molecule has 1 fully saturated rings. The van der Waals surface area contributed by atoms with Crippen LogP contribution in [-0.2, 0) is 4.79 Å². The van der Waals surface area contributed by atoms with E-state index in [-0.39, 0.29) is 12.4 Å². The summed E-state index contributed by atoms with van der Waals surface area (Å²) in [4.78, 5) is 11.3. The van der Waals surface area contributed by atoms with Crippen molar-refractivity contribution in [3.63, 3.8) is 0 Å². The Morgan fingerprint density at radius 3 is 2.25 bits per heavy atom. The topological polar surface area (TPSA) is 57.5 Å². The first-order valence-corrected chi connectivity index (χ1v) is 4.01. The van der Waals surface area contributed by atoms with Gasteiger partial charge in [0.25, 0.3) is 0 Å². The van der Waals surface area contributed by atoms with E-state index in [1.54, 1.807) is 13.8 Å². The quantitative estimate of drug-likeness (QED) is 0.520. The molecule has 1 rings (SSSR count). The van der Waals surface area contributed by atoms with E-state index in [4.69, 9.17) is 13.0 Å². The van der Waals surface area contributed by atoms with Gasteiger partial charge in [0.05, 0.1) is 26.5 Å². The van der Waals surface area contributed by atoms with Gasteiger partial charge in [0.2, 0.25) is 0 Å². The number of Topliss-reactive ketones (excluding diaryl/α,β-unsaturated/α-hetero) is 1. The Labute approximate surface area is 73.2 Å². The second-order valence-corrected chi connectivity index (χ2v) is 3.94. The molecule has 0 unspecified atom stereocenters. The SMILES string of the molecule is [B][C@@H]1C(=O)[C@H](CO)[C@@H](O)C1(C)C. The standard InChI is InChI=1S/C8H13BO3/c1-8(2)6(9)5(11)4(3-10)7(8)12/h4,6-7,10,12H,3H2,1-2H3/t4-,6+,7+/m0/s1. The fourth-order valence-electron chi connectivity index (χ4n) is 1.65. The van der Waals surface area contributed by atoms with Gasteiger partial charge in [-0.3, -0.25) is 4.79 Å². The molecule has 12 heavy (non-hydrogen) atoms. The maximum absolute atomic E-state index is 11.3. The molecule has 0 aliphatic heterocycles. The maximum atomic E-state index is 11.3. The van der Waals surface area contributed by atoms with Crippen LogP contribution in [0.1, 0.15) is 13.8 Å². The van der Waals surface area contributed by atoms with Gasteiger partial charge in [-0.05, 0) is 11.2 Å². The van der Waals surface area contributed by atoms with Crippen LogP contribution in [0.2, 0.25) is 5.82 Å². The zero-order valence-electron chi connectivity index (χ0n) is 7.32. The molecule has 66 valence electrons. The average Bonchev–Trinajstić information content (AvgIpc) is 2.15. The molecule has 1 aliphatic carbocycles. The normalized spacial score (nSPS) is 40.3. The lowest BCUT2D eigenvalue weighted by molar-refractivity contribution is -0.123. The van der Waals surface area contributed by atoms with Crippen molar-refractivity contribution < 1.29 is 15.0 Å². The second-order valence-electron chi connectivity index (χ2n) is 3.94. The Balaban J connectivity index is 2.94. The first-order valence-electron chi connectivity index (χ1n) is 4.01. The van der Waals surface area contributed by atoms with Crippen molar-refractivity contribution in [2.45, 2.75) is 25.8 Å². The van der Waals surface area contributed by atoms with E-state index in [0.717, 1.165) is 0 Å². The summed E-state index contributed by atoms with van der Waals surface area (Å²) in [6.45, 7) is 3.14. The zero-order valence-corrected chi connectivity index (χ0v) is 7.32. The minimum absolute atomic E-state index is 0.241. The average molecular weight is 168 g/mol. The van der Waals surface area contributed by atoms with Crippen LogP contribution in [0.15, 0.2) is 0 Å². The molecule has 0 aromatic carbocycles. The lowest BCUT2D eigenvalue weighted by Gasteiger charge is -2.27. The molecule has 4 heteroatoms. The summed E-state index contributed by atoms with van der Waals surface area (Å²) < 4.78 is 0. The number of hydrogen-bond acceptors (Lipinski definition) is 3. The van der Waals surface area contributed by atoms with Gasteiger partial charge in [-0.15, -0.1) is 0 Å². The molecule has 0 bridgehead atoms. The monoisotopic (exact) mass is 168 g/mol. The molecule has 0 aromatic rings. The number of aliphatic hydroxyl groups excluding tert-OH is 2. The number of ketones is 1. The molecule has 1 aliphatic rings. The van der Waals surface area contributed by atoms with Crippen molar-refractivity contribution in [1.82, 2.24) is 0 Å². The Hall–Kier alpha value is -0.345. The highest BCUT2D eigenvalue weighted by Gasteiger charge is 2.51. The number of carbonyl (C=O) groups is 1. The van der Waals surface area contributed by atoms with Crippen LogP contribution >= 0.6 is 0 Å². The summed E-state index contributed by atoms with van der Waals surface area (Å²) in [6.07, 6.45) is -0.829. The number of rotatable bonds is 1. The van der Waals surface area contributed by atoms with Crippen LogP contribution in [0.3, 0.4) is 0 Å². The van der Waals surface area contributed by atoms with Crippen molar-refractivity contribution >= 4 is 13.6 Å². The van der Waals surface area contributed by atoms with E-state index in [1.165, 1.54) is 0 Å². The molecule has 0 heterocycles. The van der Waals surface area contributed by atoms with Crippen LogP contribution in [0.5, 0.6) is 0 Å². The van der Waals surface area contributed by atoms with Gasteiger partial charge in [-0.1, -0.05) is 13.8 Å². The highest BCUT2D eigenvalue weighted by atomic mass is 16.3. The Kier molecular flexibility index (Phi) is 2.32. The smallest absolute Gasteiger partial charge is 0.135 e. The predicted molar refractivity (Wildman–Crippen MR) is 44.9 cm³/mol. The number of hydrogen-bond donors (Lipinski definition) is 2. The lowest BCUT2D eigenvalue weighted by atomic mass is 9.69. The third-order valence-corrected chi connectivity index (χ3v) is 2.81. The molecule has 0 saturated heterocycles. The van der Waals surface area contributed by atoms with E-state index >= 15 is 0 Å². The van der Waals surface area contributed by atoms with Gasteiger partial charge in [0.15, 0.2) is 0 Å². The summed E-state index contributed by atoms with van der Waals surface area (Å²) in [5.74, 6) is -1.60. The first-order chi connectivity index (χ1) is 5.42. The molecular weight excluding hydrogens is 155 g/mol. The Morgan fingerprint density at radius 2 is 2.08 bits per heavy atom. The summed E-state index contributed by atoms with van der Waals surface area (Å²) in [7, 11) is 5.59. The van der Waals surface area contributed by atoms with Crippen LogP contribution in [0.4, 0.5) is 0 Å². The maximum Gasteiger partial charge on any atom is 0.135 e. The fraction of sp³-hybridized carbons (Fsp3) is 0.875. The molecule has 0 aromatic heterocycles. The summed E-state index contributed by atoms with van der Waals surface area (Å²) in [5, 5.41) is 18.4. The van der Waals surface area contributed by atoms with Crippen LogP contribution in [-0.4, -0.2) is 36.6 Å². The molecule has 3 atom stereocenters. The first kappa shape index (κ1) is 9.74. The highest BCUT2D eigenvalue weighted by Crippen LogP contribution is 2.45. The van der Waals surface area contributed by atoms with Gasteiger partial charge in [-0.25, -0.2) is 0 Å².